The van der Waals surface area contributed by atoms with Gasteiger partial charge in [-0.15, -0.1) is 0 Å². The lowest BCUT2D eigenvalue weighted by Crippen LogP contribution is -2.14. The summed E-state index contributed by atoms with van der Waals surface area (Å²) in [5.74, 6) is 1.64. The van der Waals surface area contributed by atoms with Crippen LogP contribution in [-0.4, -0.2) is 0 Å². The summed E-state index contributed by atoms with van der Waals surface area (Å²) in [6.45, 7) is 13.6. The van der Waals surface area contributed by atoms with Crippen molar-refractivity contribution in [2.24, 2.45) is 0 Å². The zero-order valence-electron chi connectivity index (χ0n) is 42.8. The first-order valence-corrected chi connectivity index (χ1v) is 25.6. The second-order valence-corrected chi connectivity index (χ2v) is 21.5. The molecule has 360 valence electrons. The summed E-state index contributed by atoms with van der Waals surface area (Å²) in [6.07, 6.45) is 0. The van der Waals surface area contributed by atoms with Crippen LogP contribution in [-0.2, 0) is 10.8 Å². The normalized spacial score (nSPS) is 11.9. The van der Waals surface area contributed by atoms with Crippen molar-refractivity contribution >= 4 is 66.8 Å². The van der Waals surface area contributed by atoms with Crippen molar-refractivity contribution in [1.82, 2.24) is 0 Å². The second-order valence-electron chi connectivity index (χ2n) is 21.5. The Morgan fingerprint density at radius 1 is 0.284 bits per heavy atom. The molecule has 74 heavy (non-hydrogen) atoms. The van der Waals surface area contributed by atoms with Crippen LogP contribution in [0.15, 0.2) is 251 Å². The van der Waals surface area contributed by atoms with Gasteiger partial charge in [-0.3, -0.25) is 0 Å². The maximum absolute atomic E-state index is 6.79. The van der Waals surface area contributed by atoms with Crippen LogP contribution < -0.4 is 9.80 Å². The SMILES string of the molecule is CC(C)(C)c1cccc(N(c2ccc(-c3ccccc3)cc2)c2ccc(-c3cc4cc5ccc6cc(-c7ccc(N(c8ccc(-c9ccccc9)cc8)c8cccc(C(C)(C)C)c8)cc7)oc6c5cc4o3)cc2)c1. The molecule has 0 N–H and O–H groups in total. The van der Waals surface area contributed by atoms with Crippen LogP contribution in [0.2, 0.25) is 0 Å². The number of benzene rings is 10. The smallest absolute Gasteiger partial charge is 0.142 e. The van der Waals surface area contributed by atoms with Crippen LogP contribution >= 0.6 is 0 Å². The fourth-order valence-electron chi connectivity index (χ4n) is 10.2. The van der Waals surface area contributed by atoms with Crippen molar-refractivity contribution in [3.63, 3.8) is 0 Å². The zero-order valence-corrected chi connectivity index (χ0v) is 42.8. The molecule has 0 aliphatic heterocycles. The van der Waals surface area contributed by atoms with Gasteiger partial charge in [0.2, 0.25) is 0 Å². The topological polar surface area (TPSA) is 32.8 Å². The van der Waals surface area contributed by atoms with E-state index in [9.17, 15) is 0 Å². The number of nitrogens with zero attached hydrogens (tertiary/aromatic N) is 2. The molecule has 0 saturated heterocycles. The summed E-state index contributed by atoms with van der Waals surface area (Å²) in [5.41, 5.74) is 17.6. The van der Waals surface area contributed by atoms with E-state index < -0.39 is 0 Å². The highest BCUT2D eigenvalue weighted by Gasteiger charge is 2.21. The van der Waals surface area contributed by atoms with Gasteiger partial charge >= 0.3 is 0 Å². The number of hydrogen-bond acceptors (Lipinski definition) is 4. The third kappa shape index (κ3) is 9.05. The van der Waals surface area contributed by atoms with Gasteiger partial charge in [0.05, 0.1) is 0 Å². The van der Waals surface area contributed by atoms with Gasteiger partial charge in [-0.1, -0.05) is 163 Å². The zero-order chi connectivity index (χ0) is 50.6. The van der Waals surface area contributed by atoms with E-state index in [4.69, 9.17) is 8.83 Å². The van der Waals surface area contributed by atoms with Gasteiger partial charge in [0.15, 0.2) is 0 Å². The molecule has 0 saturated carbocycles. The highest BCUT2D eigenvalue weighted by atomic mass is 16.3. The number of anilines is 6. The van der Waals surface area contributed by atoms with Gasteiger partial charge in [-0.2, -0.15) is 0 Å². The van der Waals surface area contributed by atoms with Gasteiger partial charge in [0, 0.05) is 61.4 Å². The molecule has 10 aromatic carbocycles. The number of rotatable bonds is 10. The Kier molecular flexibility index (Phi) is 11.6. The number of furan rings is 2. The van der Waals surface area contributed by atoms with Gasteiger partial charge < -0.3 is 18.6 Å². The van der Waals surface area contributed by atoms with Gasteiger partial charge in [-0.25, -0.2) is 0 Å². The third-order valence-corrected chi connectivity index (χ3v) is 14.4. The Bertz CT molecular complexity index is 3930. The molecule has 0 radical (unpaired) electrons. The largest absolute Gasteiger partial charge is 0.456 e. The standard InChI is InChI=1S/C70H58N2O2/c1-69(2,3)56-19-13-21-62(44-56)71(58-33-25-49(26-34-58)47-15-9-7-10-16-47)60-37-29-51(30-38-60)65-43-55-41-53-23-24-54-42-66(74-68(54)64(53)46-67(55)73-65)52-31-39-61(40-32-52)72(63-22-14-20-57(45-63)70(4,5)6)59-35-27-50(28-36-59)48-17-11-8-12-18-48/h7-46H,1-6H3. The Morgan fingerprint density at radius 3 is 1.12 bits per heavy atom. The van der Waals surface area contributed by atoms with E-state index in [1.807, 2.05) is 0 Å². The third-order valence-electron chi connectivity index (χ3n) is 14.4. The van der Waals surface area contributed by atoms with E-state index in [1.165, 1.54) is 33.4 Å². The molecule has 2 heterocycles. The summed E-state index contributed by atoms with van der Waals surface area (Å²) < 4.78 is 13.5. The summed E-state index contributed by atoms with van der Waals surface area (Å²) in [7, 11) is 0. The Balaban J connectivity index is 0.846. The minimum Gasteiger partial charge on any atom is -0.456 e. The minimum absolute atomic E-state index is 0.00708. The van der Waals surface area contributed by atoms with E-state index in [2.05, 4.69) is 294 Å². The molecule has 0 fully saturated rings. The second kappa shape index (κ2) is 18.6. The van der Waals surface area contributed by atoms with E-state index in [0.29, 0.717) is 0 Å². The molecule has 0 unspecified atom stereocenters. The van der Waals surface area contributed by atoms with Crippen LogP contribution in [0.3, 0.4) is 0 Å². The predicted octanol–water partition coefficient (Wildman–Crippen LogP) is 20.5. The Morgan fingerprint density at radius 2 is 0.676 bits per heavy atom. The average Bonchev–Trinajstić information content (AvgIpc) is 4.07. The maximum atomic E-state index is 6.79. The number of fused-ring (bicyclic) bond motifs is 4. The maximum Gasteiger partial charge on any atom is 0.142 e. The van der Waals surface area contributed by atoms with Crippen LogP contribution in [0.1, 0.15) is 52.7 Å². The summed E-state index contributed by atoms with van der Waals surface area (Å²) in [6, 6.07) is 87.0. The van der Waals surface area contributed by atoms with Crippen molar-refractivity contribution < 1.29 is 8.83 Å². The molecule has 2 aromatic heterocycles. The minimum atomic E-state index is 0.00708. The number of hydrogen-bond donors (Lipinski definition) is 0. The molecule has 0 atom stereocenters. The van der Waals surface area contributed by atoms with Crippen molar-refractivity contribution in [3.8, 4) is 44.9 Å². The molecule has 12 rings (SSSR count). The van der Waals surface area contributed by atoms with Crippen molar-refractivity contribution in [2.45, 2.75) is 52.4 Å². The Labute approximate surface area is 434 Å². The highest BCUT2D eigenvalue weighted by molar-refractivity contribution is 6.10. The quantitative estimate of drug-likeness (QED) is 0.137. The van der Waals surface area contributed by atoms with Crippen LogP contribution in [0.25, 0.3) is 77.6 Å². The predicted molar refractivity (Wildman–Crippen MR) is 312 cm³/mol. The van der Waals surface area contributed by atoms with E-state index in [-0.39, 0.29) is 10.8 Å². The first-order valence-electron chi connectivity index (χ1n) is 25.6. The Hall–Kier alpha value is -8.86. The van der Waals surface area contributed by atoms with Crippen molar-refractivity contribution in [3.05, 3.63) is 254 Å². The fourth-order valence-corrected chi connectivity index (χ4v) is 10.2. The van der Waals surface area contributed by atoms with Crippen LogP contribution in [0.5, 0.6) is 0 Å². The molecular weight excluding hydrogens is 901 g/mol. The lowest BCUT2D eigenvalue weighted by Gasteiger charge is -2.28. The molecule has 0 bridgehead atoms. The molecule has 0 spiro atoms. The van der Waals surface area contributed by atoms with E-state index >= 15 is 0 Å². The highest BCUT2D eigenvalue weighted by Crippen LogP contribution is 2.43. The van der Waals surface area contributed by atoms with Crippen LogP contribution in [0, 0.1) is 0 Å². The first-order chi connectivity index (χ1) is 35.9. The van der Waals surface area contributed by atoms with Gasteiger partial charge in [0.1, 0.15) is 22.7 Å². The van der Waals surface area contributed by atoms with Crippen molar-refractivity contribution in [2.75, 3.05) is 9.80 Å². The molecule has 0 aliphatic rings. The molecular formula is C70H58N2O2. The fraction of sp³-hybridized carbons (Fsp3) is 0.114. The van der Waals surface area contributed by atoms with E-state index in [0.717, 1.165) is 89.5 Å². The molecule has 0 aliphatic carbocycles. The molecule has 4 heteroatoms. The summed E-state index contributed by atoms with van der Waals surface area (Å²) in [5, 5.41) is 4.21. The van der Waals surface area contributed by atoms with Gasteiger partial charge in [-0.05, 0) is 171 Å². The van der Waals surface area contributed by atoms with E-state index in [1.54, 1.807) is 0 Å². The lowest BCUT2D eigenvalue weighted by molar-refractivity contribution is 0.590. The monoisotopic (exact) mass is 958 g/mol. The molecule has 4 nitrogen and oxygen atoms in total. The summed E-state index contributed by atoms with van der Waals surface area (Å²) >= 11 is 0. The van der Waals surface area contributed by atoms with Gasteiger partial charge in [0.25, 0.3) is 0 Å². The average molecular weight is 959 g/mol. The molecule has 0 amide bonds. The van der Waals surface area contributed by atoms with Crippen LogP contribution in [0.4, 0.5) is 34.1 Å². The first kappa shape index (κ1) is 46.2. The van der Waals surface area contributed by atoms with Crippen molar-refractivity contribution in [1.29, 1.82) is 0 Å². The summed E-state index contributed by atoms with van der Waals surface area (Å²) in [4.78, 5) is 4.68. The molecule has 12 aromatic rings. The lowest BCUT2D eigenvalue weighted by atomic mass is 9.87.